The van der Waals surface area contributed by atoms with E-state index >= 15 is 0 Å². The number of ether oxygens (including phenoxy) is 1. The van der Waals surface area contributed by atoms with Crippen LogP contribution in [0.25, 0.3) is 0 Å². The van der Waals surface area contributed by atoms with E-state index < -0.39 is 0 Å². The molecule has 2 fully saturated rings. The molecule has 0 aromatic heterocycles. The van der Waals surface area contributed by atoms with Crippen molar-refractivity contribution in [1.82, 2.24) is 5.32 Å². The first-order valence-corrected chi connectivity index (χ1v) is 4.19. The van der Waals surface area contributed by atoms with Gasteiger partial charge in [-0.05, 0) is 12.3 Å². The third kappa shape index (κ3) is 1.38. The first-order chi connectivity index (χ1) is 5.27. The third-order valence-electron chi connectivity index (χ3n) is 2.43. The van der Waals surface area contributed by atoms with Gasteiger partial charge in [0.05, 0.1) is 6.61 Å². The molecule has 62 valence electrons. The summed E-state index contributed by atoms with van der Waals surface area (Å²) in [4.78, 5) is 11.2. The summed E-state index contributed by atoms with van der Waals surface area (Å²) < 4.78 is 5.04. The summed E-state index contributed by atoms with van der Waals surface area (Å²) >= 11 is 0. The average Bonchev–Trinajstić information content (AvgIpc) is 2.40. The lowest BCUT2D eigenvalue weighted by molar-refractivity contribution is -0.145. The summed E-state index contributed by atoms with van der Waals surface area (Å²) in [6.07, 6.45) is 1.90. The van der Waals surface area contributed by atoms with Crippen molar-refractivity contribution in [2.24, 2.45) is 5.92 Å². The number of hydrogen-bond acceptors (Lipinski definition) is 2. The van der Waals surface area contributed by atoms with E-state index in [2.05, 4.69) is 12.2 Å². The second-order valence-electron chi connectivity index (χ2n) is 3.48. The molecule has 0 bridgehead atoms. The summed E-state index contributed by atoms with van der Waals surface area (Å²) in [5.41, 5.74) is 0. The largest absolute Gasteiger partial charge is 0.368 e. The van der Waals surface area contributed by atoms with Crippen LogP contribution >= 0.6 is 0 Å². The number of carbonyl (C=O) groups excluding carboxylic acids is 1. The summed E-state index contributed by atoms with van der Waals surface area (Å²) in [5, 5.41) is 2.94. The Kier molecular flexibility index (Phi) is 1.60. The zero-order valence-electron chi connectivity index (χ0n) is 6.67. The Balaban J connectivity index is 1.73. The summed E-state index contributed by atoms with van der Waals surface area (Å²) in [7, 11) is 0. The van der Waals surface area contributed by atoms with Crippen LogP contribution in [0.3, 0.4) is 0 Å². The molecular formula is C8H13NO2. The van der Waals surface area contributed by atoms with Crippen molar-refractivity contribution < 1.29 is 9.53 Å². The van der Waals surface area contributed by atoms with Crippen molar-refractivity contribution in [2.75, 3.05) is 6.61 Å². The lowest BCUT2D eigenvalue weighted by Crippen LogP contribution is -2.44. The first-order valence-electron chi connectivity index (χ1n) is 4.19. The van der Waals surface area contributed by atoms with Crippen molar-refractivity contribution in [3.05, 3.63) is 0 Å². The number of carbonyl (C=O) groups is 1. The highest BCUT2D eigenvalue weighted by Gasteiger charge is 2.37. The van der Waals surface area contributed by atoms with Gasteiger partial charge < -0.3 is 10.1 Å². The monoisotopic (exact) mass is 155 g/mol. The van der Waals surface area contributed by atoms with E-state index in [4.69, 9.17) is 4.74 Å². The van der Waals surface area contributed by atoms with Crippen molar-refractivity contribution in [3.63, 3.8) is 0 Å². The quantitative estimate of drug-likeness (QED) is 0.623. The highest BCUT2D eigenvalue weighted by molar-refractivity contribution is 5.82. The third-order valence-corrected chi connectivity index (χ3v) is 2.43. The zero-order valence-corrected chi connectivity index (χ0v) is 6.67. The minimum Gasteiger partial charge on any atom is -0.368 e. The second-order valence-corrected chi connectivity index (χ2v) is 3.48. The standard InChI is InChI=1S/C8H13NO2/c1-5-4-6(5)9-8(10)7-2-3-11-7/h5-7H,2-4H2,1H3,(H,9,10)/t5-,6-,7?/m1/s1. The Bertz CT molecular complexity index is 177. The predicted octanol–water partition coefficient (Wildman–Crippen LogP) is 0.300. The fourth-order valence-electron chi connectivity index (χ4n) is 1.24. The van der Waals surface area contributed by atoms with Gasteiger partial charge in [0.1, 0.15) is 6.10 Å². The van der Waals surface area contributed by atoms with E-state index in [0.29, 0.717) is 12.0 Å². The molecule has 1 aliphatic heterocycles. The molecule has 1 saturated heterocycles. The lowest BCUT2D eigenvalue weighted by atomic mass is 10.2. The van der Waals surface area contributed by atoms with Gasteiger partial charge in [-0.1, -0.05) is 6.92 Å². The number of rotatable bonds is 2. The van der Waals surface area contributed by atoms with Gasteiger partial charge in [-0.2, -0.15) is 0 Å². The smallest absolute Gasteiger partial charge is 0.249 e. The van der Waals surface area contributed by atoms with Crippen LogP contribution in [0.15, 0.2) is 0 Å². The van der Waals surface area contributed by atoms with Gasteiger partial charge in [-0.15, -0.1) is 0 Å². The van der Waals surface area contributed by atoms with E-state index in [-0.39, 0.29) is 12.0 Å². The number of amides is 1. The zero-order chi connectivity index (χ0) is 7.84. The van der Waals surface area contributed by atoms with Crippen LogP contribution in [0.2, 0.25) is 0 Å². The molecule has 1 amide bonds. The minimum atomic E-state index is -0.136. The van der Waals surface area contributed by atoms with E-state index in [0.717, 1.165) is 19.4 Å². The van der Waals surface area contributed by atoms with Crippen molar-refractivity contribution in [1.29, 1.82) is 0 Å². The van der Waals surface area contributed by atoms with Gasteiger partial charge in [0.25, 0.3) is 0 Å². The van der Waals surface area contributed by atoms with Crippen LogP contribution in [0.4, 0.5) is 0 Å². The van der Waals surface area contributed by atoms with Crippen LogP contribution in [0.5, 0.6) is 0 Å². The van der Waals surface area contributed by atoms with Crippen LogP contribution in [0, 0.1) is 5.92 Å². The predicted molar refractivity (Wildman–Crippen MR) is 40.1 cm³/mol. The maximum Gasteiger partial charge on any atom is 0.249 e. The van der Waals surface area contributed by atoms with Gasteiger partial charge in [0, 0.05) is 12.5 Å². The Hall–Kier alpha value is -0.570. The minimum absolute atomic E-state index is 0.0885. The SMILES string of the molecule is C[C@@H]1C[C@H]1NC(=O)C1CCO1. The van der Waals surface area contributed by atoms with Crippen LogP contribution in [-0.2, 0) is 9.53 Å². The first kappa shape index (κ1) is 7.10. The molecule has 3 nitrogen and oxygen atoms in total. The van der Waals surface area contributed by atoms with E-state index in [1.807, 2.05) is 0 Å². The van der Waals surface area contributed by atoms with Gasteiger partial charge in [-0.25, -0.2) is 0 Å². The summed E-state index contributed by atoms with van der Waals surface area (Å²) in [6.45, 7) is 2.89. The molecule has 1 aliphatic carbocycles. The molecule has 0 spiro atoms. The van der Waals surface area contributed by atoms with Crippen LogP contribution in [-0.4, -0.2) is 24.7 Å². The van der Waals surface area contributed by atoms with E-state index in [1.54, 1.807) is 0 Å². The number of hydrogen-bond donors (Lipinski definition) is 1. The topological polar surface area (TPSA) is 38.3 Å². The van der Waals surface area contributed by atoms with Crippen LogP contribution < -0.4 is 5.32 Å². The molecular weight excluding hydrogens is 142 g/mol. The van der Waals surface area contributed by atoms with Crippen molar-refractivity contribution in [2.45, 2.75) is 31.9 Å². The van der Waals surface area contributed by atoms with Crippen molar-refractivity contribution in [3.8, 4) is 0 Å². The van der Waals surface area contributed by atoms with Gasteiger partial charge in [0.15, 0.2) is 0 Å². The van der Waals surface area contributed by atoms with Crippen LogP contribution in [0.1, 0.15) is 19.8 Å². The Morgan fingerprint density at radius 3 is 2.64 bits per heavy atom. The normalized spacial score (nSPS) is 41.0. The average molecular weight is 155 g/mol. The van der Waals surface area contributed by atoms with Gasteiger partial charge in [0.2, 0.25) is 5.91 Å². The molecule has 3 heteroatoms. The molecule has 1 N–H and O–H groups in total. The highest BCUT2D eigenvalue weighted by Crippen LogP contribution is 2.29. The lowest BCUT2D eigenvalue weighted by Gasteiger charge is -2.25. The fraction of sp³-hybridized carbons (Fsp3) is 0.875. The summed E-state index contributed by atoms with van der Waals surface area (Å²) in [6, 6.07) is 0.437. The van der Waals surface area contributed by atoms with Gasteiger partial charge >= 0.3 is 0 Å². The second kappa shape index (κ2) is 2.48. The molecule has 2 aliphatic rings. The number of nitrogens with one attached hydrogen (secondary N) is 1. The molecule has 0 aromatic rings. The Morgan fingerprint density at radius 1 is 1.64 bits per heavy atom. The highest BCUT2D eigenvalue weighted by atomic mass is 16.5. The van der Waals surface area contributed by atoms with Gasteiger partial charge in [-0.3, -0.25) is 4.79 Å². The molecule has 2 rings (SSSR count). The maximum absolute atomic E-state index is 11.2. The molecule has 1 unspecified atom stereocenters. The molecule has 1 saturated carbocycles. The Morgan fingerprint density at radius 2 is 2.27 bits per heavy atom. The molecule has 1 heterocycles. The van der Waals surface area contributed by atoms with E-state index in [9.17, 15) is 4.79 Å². The maximum atomic E-state index is 11.2. The summed E-state index contributed by atoms with van der Waals surface area (Å²) in [5.74, 6) is 0.768. The molecule has 0 aromatic carbocycles. The fourth-order valence-corrected chi connectivity index (χ4v) is 1.24. The molecule has 0 radical (unpaired) electrons. The van der Waals surface area contributed by atoms with Crippen molar-refractivity contribution >= 4 is 5.91 Å². The molecule has 3 atom stereocenters. The van der Waals surface area contributed by atoms with E-state index in [1.165, 1.54) is 0 Å². The Labute approximate surface area is 66.1 Å². The molecule has 11 heavy (non-hydrogen) atoms.